The molecule has 0 spiro atoms. The van der Waals surface area contributed by atoms with Crippen molar-refractivity contribution in [2.75, 3.05) is 5.32 Å². The summed E-state index contributed by atoms with van der Waals surface area (Å²) in [5, 5.41) is 4.38. The first-order chi connectivity index (χ1) is 9.25. The van der Waals surface area contributed by atoms with Crippen molar-refractivity contribution in [3.63, 3.8) is 0 Å². The first-order valence-corrected chi connectivity index (χ1v) is 7.86. The molecular formula is C14H14Cl2IN3. The summed E-state index contributed by atoms with van der Waals surface area (Å²) >= 11 is 14.2. The van der Waals surface area contributed by atoms with Crippen molar-refractivity contribution in [2.45, 2.75) is 26.2 Å². The molecule has 2 rings (SSSR count). The first kappa shape index (κ1) is 15.8. The normalized spacial score (nSPS) is 11.5. The van der Waals surface area contributed by atoms with Crippen molar-refractivity contribution in [1.29, 1.82) is 0 Å². The van der Waals surface area contributed by atoms with Crippen molar-refractivity contribution in [1.82, 2.24) is 9.97 Å². The summed E-state index contributed by atoms with van der Waals surface area (Å²) in [6.45, 7) is 6.15. The van der Waals surface area contributed by atoms with Crippen LogP contribution in [0.15, 0.2) is 24.3 Å². The fraction of sp³-hybridized carbons (Fsp3) is 0.286. The minimum absolute atomic E-state index is 0.158. The van der Waals surface area contributed by atoms with Gasteiger partial charge in [0.25, 0.3) is 0 Å². The Hall–Kier alpha value is -0.590. The number of benzene rings is 1. The summed E-state index contributed by atoms with van der Waals surface area (Å²) in [4.78, 5) is 8.80. The average molecular weight is 422 g/mol. The zero-order valence-electron chi connectivity index (χ0n) is 11.3. The second-order valence-corrected chi connectivity index (χ2v) is 7.38. The molecule has 1 aromatic heterocycles. The van der Waals surface area contributed by atoms with Crippen LogP contribution >= 0.6 is 45.8 Å². The van der Waals surface area contributed by atoms with E-state index in [1.807, 2.05) is 18.2 Å². The number of aromatic nitrogens is 2. The molecule has 0 unspecified atom stereocenters. The summed E-state index contributed by atoms with van der Waals surface area (Å²) in [6.07, 6.45) is 0. The number of anilines is 2. The van der Waals surface area contributed by atoms with E-state index >= 15 is 0 Å². The lowest BCUT2D eigenvalue weighted by molar-refractivity contribution is 0.546. The van der Waals surface area contributed by atoms with Gasteiger partial charge in [0, 0.05) is 20.1 Å². The number of nitrogens with zero attached hydrogens (tertiary/aromatic N) is 2. The molecule has 1 heterocycles. The molecule has 0 aliphatic carbocycles. The van der Waals surface area contributed by atoms with Gasteiger partial charge in [0.15, 0.2) is 0 Å². The SMILES string of the molecule is CC(C)(C)c1nc(Cl)cc(Nc2ccc(Cl)cc2I)n1. The molecule has 20 heavy (non-hydrogen) atoms. The van der Waals surface area contributed by atoms with Gasteiger partial charge in [-0.1, -0.05) is 44.0 Å². The van der Waals surface area contributed by atoms with Crippen LogP contribution in [0.5, 0.6) is 0 Å². The smallest absolute Gasteiger partial charge is 0.137 e. The van der Waals surface area contributed by atoms with Crippen LogP contribution in [0.2, 0.25) is 10.2 Å². The lowest BCUT2D eigenvalue weighted by Gasteiger charge is -2.18. The Kier molecular flexibility index (Phi) is 4.76. The highest BCUT2D eigenvalue weighted by atomic mass is 127. The van der Waals surface area contributed by atoms with Crippen molar-refractivity contribution < 1.29 is 0 Å². The maximum absolute atomic E-state index is 6.07. The number of nitrogens with one attached hydrogen (secondary N) is 1. The lowest BCUT2D eigenvalue weighted by Crippen LogP contribution is -2.16. The van der Waals surface area contributed by atoms with Gasteiger partial charge in [-0.2, -0.15) is 0 Å². The zero-order valence-corrected chi connectivity index (χ0v) is 15.0. The molecule has 0 aliphatic rings. The van der Waals surface area contributed by atoms with Crippen LogP contribution in [0.1, 0.15) is 26.6 Å². The molecule has 0 radical (unpaired) electrons. The topological polar surface area (TPSA) is 37.8 Å². The van der Waals surface area contributed by atoms with E-state index in [0.29, 0.717) is 21.8 Å². The Morgan fingerprint density at radius 2 is 1.80 bits per heavy atom. The Bertz CT molecular complexity index is 639. The van der Waals surface area contributed by atoms with Gasteiger partial charge in [-0.15, -0.1) is 0 Å². The third kappa shape index (κ3) is 3.96. The van der Waals surface area contributed by atoms with E-state index in [1.54, 1.807) is 6.07 Å². The van der Waals surface area contributed by atoms with E-state index in [4.69, 9.17) is 23.2 Å². The lowest BCUT2D eigenvalue weighted by atomic mass is 9.96. The number of rotatable bonds is 2. The third-order valence-corrected chi connectivity index (χ3v) is 3.88. The number of halogens is 3. The van der Waals surface area contributed by atoms with Crippen LogP contribution in [-0.2, 0) is 5.41 Å². The maximum Gasteiger partial charge on any atom is 0.137 e. The van der Waals surface area contributed by atoms with Gasteiger partial charge >= 0.3 is 0 Å². The van der Waals surface area contributed by atoms with Gasteiger partial charge in [0.1, 0.15) is 16.8 Å². The molecule has 0 aliphatic heterocycles. The number of hydrogen-bond acceptors (Lipinski definition) is 3. The van der Waals surface area contributed by atoms with E-state index in [2.05, 4.69) is 58.6 Å². The monoisotopic (exact) mass is 421 g/mol. The molecule has 106 valence electrons. The van der Waals surface area contributed by atoms with E-state index in [-0.39, 0.29) is 5.41 Å². The van der Waals surface area contributed by atoms with Gasteiger partial charge in [0.2, 0.25) is 0 Å². The van der Waals surface area contributed by atoms with Crippen molar-refractivity contribution in [3.05, 3.63) is 43.8 Å². The molecular weight excluding hydrogens is 408 g/mol. The highest BCUT2D eigenvalue weighted by molar-refractivity contribution is 14.1. The molecule has 0 atom stereocenters. The Balaban J connectivity index is 2.36. The molecule has 0 amide bonds. The van der Waals surface area contributed by atoms with Crippen molar-refractivity contribution >= 4 is 57.3 Å². The van der Waals surface area contributed by atoms with E-state index in [1.165, 1.54) is 0 Å². The minimum atomic E-state index is -0.158. The predicted octanol–water partition coefficient (Wildman–Crippen LogP) is 5.43. The summed E-state index contributed by atoms with van der Waals surface area (Å²) in [6, 6.07) is 7.34. The van der Waals surface area contributed by atoms with E-state index in [0.717, 1.165) is 9.26 Å². The third-order valence-electron chi connectivity index (χ3n) is 2.56. The van der Waals surface area contributed by atoms with Crippen LogP contribution in [0.3, 0.4) is 0 Å². The van der Waals surface area contributed by atoms with Crippen LogP contribution in [0, 0.1) is 3.57 Å². The summed E-state index contributed by atoms with van der Waals surface area (Å²) in [5.41, 5.74) is 0.777. The molecule has 2 aromatic rings. The first-order valence-electron chi connectivity index (χ1n) is 6.03. The van der Waals surface area contributed by atoms with E-state index in [9.17, 15) is 0 Å². The highest BCUT2D eigenvalue weighted by Crippen LogP contribution is 2.27. The van der Waals surface area contributed by atoms with E-state index < -0.39 is 0 Å². The fourth-order valence-corrected chi connectivity index (χ4v) is 2.74. The molecule has 6 heteroatoms. The van der Waals surface area contributed by atoms with Gasteiger partial charge in [-0.3, -0.25) is 0 Å². The molecule has 0 saturated heterocycles. The van der Waals surface area contributed by atoms with Crippen LogP contribution in [-0.4, -0.2) is 9.97 Å². The molecule has 3 nitrogen and oxygen atoms in total. The number of hydrogen-bond donors (Lipinski definition) is 1. The van der Waals surface area contributed by atoms with Gasteiger partial charge in [-0.25, -0.2) is 9.97 Å². The quantitative estimate of drug-likeness (QED) is 0.519. The maximum atomic E-state index is 6.07. The van der Waals surface area contributed by atoms with Crippen molar-refractivity contribution in [3.8, 4) is 0 Å². The highest BCUT2D eigenvalue weighted by Gasteiger charge is 2.19. The Morgan fingerprint density at radius 1 is 1.10 bits per heavy atom. The molecule has 1 aromatic carbocycles. The van der Waals surface area contributed by atoms with Gasteiger partial charge in [-0.05, 0) is 40.8 Å². The Labute approximate surface area is 142 Å². The summed E-state index contributed by atoms with van der Waals surface area (Å²) in [7, 11) is 0. The zero-order chi connectivity index (χ0) is 14.9. The van der Waals surface area contributed by atoms with Gasteiger partial charge in [0.05, 0.1) is 5.69 Å². The summed E-state index contributed by atoms with van der Waals surface area (Å²) < 4.78 is 1.02. The second kappa shape index (κ2) is 6.03. The molecule has 0 bridgehead atoms. The van der Waals surface area contributed by atoms with Crippen LogP contribution in [0.25, 0.3) is 0 Å². The fourth-order valence-electron chi connectivity index (χ4n) is 1.55. The Morgan fingerprint density at radius 3 is 2.40 bits per heavy atom. The second-order valence-electron chi connectivity index (χ2n) is 5.40. The molecule has 0 fully saturated rings. The van der Waals surface area contributed by atoms with Crippen molar-refractivity contribution in [2.24, 2.45) is 0 Å². The van der Waals surface area contributed by atoms with Crippen LogP contribution < -0.4 is 5.32 Å². The van der Waals surface area contributed by atoms with Gasteiger partial charge < -0.3 is 5.32 Å². The van der Waals surface area contributed by atoms with Crippen LogP contribution in [0.4, 0.5) is 11.5 Å². The predicted molar refractivity (Wildman–Crippen MR) is 93.2 cm³/mol. The standard InChI is InChI=1S/C14H14Cl2IN3/c1-14(2,3)13-19-11(16)7-12(20-13)18-10-5-4-8(15)6-9(10)17/h4-7H,1-3H3,(H,18,19,20). The minimum Gasteiger partial charge on any atom is -0.339 e. The largest absolute Gasteiger partial charge is 0.339 e. The molecule has 1 N–H and O–H groups in total. The molecule has 0 saturated carbocycles. The average Bonchev–Trinajstić information content (AvgIpc) is 2.31. The summed E-state index contributed by atoms with van der Waals surface area (Å²) in [5.74, 6) is 1.38.